The van der Waals surface area contributed by atoms with Crippen LogP contribution in [0.3, 0.4) is 0 Å². The van der Waals surface area contributed by atoms with Crippen molar-refractivity contribution in [3.8, 4) is 0 Å². The molecule has 0 aliphatic heterocycles. The van der Waals surface area contributed by atoms with Gasteiger partial charge in [0.25, 0.3) is 0 Å². The van der Waals surface area contributed by atoms with Gasteiger partial charge in [-0.2, -0.15) is 5.48 Å². The highest BCUT2D eigenvalue weighted by molar-refractivity contribution is 5.71. The van der Waals surface area contributed by atoms with Gasteiger partial charge in [0.15, 0.2) is 6.61 Å². The van der Waals surface area contributed by atoms with Crippen molar-refractivity contribution < 1.29 is 23.9 Å². The SMILES string of the molecule is Cc1ccc(COC(=O)CONC(=O)OC(C)(C)C)cc1. The molecule has 0 bridgehead atoms. The van der Waals surface area contributed by atoms with Gasteiger partial charge in [0, 0.05) is 0 Å². The fraction of sp³-hybridized carbons (Fsp3) is 0.467. The molecule has 0 aromatic heterocycles. The number of esters is 1. The molecule has 0 aliphatic rings. The average Bonchev–Trinajstić information content (AvgIpc) is 2.36. The van der Waals surface area contributed by atoms with E-state index in [0.29, 0.717) is 0 Å². The lowest BCUT2D eigenvalue weighted by atomic mass is 10.2. The van der Waals surface area contributed by atoms with Crippen molar-refractivity contribution in [1.29, 1.82) is 0 Å². The summed E-state index contributed by atoms with van der Waals surface area (Å²) in [6.45, 7) is 6.93. The smallest absolute Gasteiger partial charge is 0.431 e. The molecule has 0 saturated carbocycles. The minimum absolute atomic E-state index is 0.162. The Morgan fingerprint density at radius 2 is 1.76 bits per heavy atom. The zero-order valence-corrected chi connectivity index (χ0v) is 12.8. The Labute approximate surface area is 124 Å². The second-order valence-electron chi connectivity index (χ2n) is 5.54. The monoisotopic (exact) mass is 295 g/mol. The molecule has 0 spiro atoms. The quantitative estimate of drug-likeness (QED) is 0.667. The van der Waals surface area contributed by atoms with Gasteiger partial charge in [0.2, 0.25) is 0 Å². The Kier molecular flexibility index (Phi) is 6.17. The molecule has 116 valence electrons. The molecule has 0 heterocycles. The van der Waals surface area contributed by atoms with Crippen molar-refractivity contribution in [3.63, 3.8) is 0 Å². The first-order chi connectivity index (χ1) is 9.76. The van der Waals surface area contributed by atoms with Gasteiger partial charge in [-0.1, -0.05) is 29.8 Å². The average molecular weight is 295 g/mol. The number of carbonyl (C=O) groups excluding carboxylic acids is 2. The Morgan fingerprint density at radius 1 is 1.14 bits per heavy atom. The zero-order valence-electron chi connectivity index (χ0n) is 12.8. The number of nitrogens with one attached hydrogen (secondary N) is 1. The molecule has 1 aromatic rings. The predicted octanol–water partition coefficient (Wildman–Crippen LogP) is 2.49. The Bertz CT molecular complexity index is 476. The van der Waals surface area contributed by atoms with Gasteiger partial charge < -0.3 is 9.47 Å². The van der Waals surface area contributed by atoms with E-state index in [1.807, 2.05) is 36.7 Å². The molecule has 0 atom stereocenters. The van der Waals surface area contributed by atoms with Gasteiger partial charge in [-0.3, -0.25) is 4.84 Å². The predicted molar refractivity (Wildman–Crippen MR) is 76.3 cm³/mol. The number of hydrogen-bond acceptors (Lipinski definition) is 5. The Hall–Kier alpha value is -2.08. The summed E-state index contributed by atoms with van der Waals surface area (Å²) in [5.74, 6) is -0.577. The van der Waals surface area contributed by atoms with Crippen LogP contribution < -0.4 is 5.48 Å². The summed E-state index contributed by atoms with van der Waals surface area (Å²) in [7, 11) is 0. The van der Waals surface area contributed by atoms with Gasteiger partial charge in [0.05, 0.1) is 0 Å². The van der Waals surface area contributed by atoms with Crippen molar-refractivity contribution in [3.05, 3.63) is 35.4 Å². The van der Waals surface area contributed by atoms with Gasteiger partial charge in [-0.25, -0.2) is 9.59 Å². The van der Waals surface area contributed by atoms with Crippen LogP contribution in [0.4, 0.5) is 4.79 Å². The third-order valence-electron chi connectivity index (χ3n) is 2.26. The highest BCUT2D eigenvalue weighted by Gasteiger charge is 2.16. The molecule has 6 heteroatoms. The van der Waals surface area contributed by atoms with E-state index in [2.05, 4.69) is 0 Å². The van der Waals surface area contributed by atoms with Gasteiger partial charge in [-0.05, 0) is 33.3 Å². The number of ether oxygens (including phenoxy) is 2. The summed E-state index contributed by atoms with van der Waals surface area (Å²) in [5.41, 5.74) is 3.41. The summed E-state index contributed by atoms with van der Waals surface area (Å²) in [6, 6.07) is 7.62. The lowest BCUT2D eigenvalue weighted by Crippen LogP contribution is -2.33. The lowest BCUT2D eigenvalue weighted by Gasteiger charge is -2.19. The maximum absolute atomic E-state index is 11.4. The second kappa shape index (κ2) is 7.64. The van der Waals surface area contributed by atoms with Crippen molar-refractivity contribution in [2.45, 2.75) is 39.9 Å². The van der Waals surface area contributed by atoms with Crippen LogP contribution in [-0.4, -0.2) is 24.3 Å². The first-order valence-electron chi connectivity index (χ1n) is 6.58. The van der Waals surface area contributed by atoms with Crippen molar-refractivity contribution >= 4 is 12.1 Å². The van der Waals surface area contributed by atoms with Crippen LogP contribution in [0.1, 0.15) is 31.9 Å². The standard InChI is InChI=1S/C15H21NO5/c1-11-5-7-12(8-6-11)9-19-13(17)10-20-16-14(18)21-15(2,3)4/h5-8H,9-10H2,1-4H3,(H,16,18). The van der Waals surface area contributed by atoms with Crippen LogP contribution >= 0.6 is 0 Å². The molecule has 0 radical (unpaired) electrons. The lowest BCUT2D eigenvalue weighted by molar-refractivity contribution is -0.152. The molecule has 0 aliphatic carbocycles. The largest absolute Gasteiger partial charge is 0.459 e. The van der Waals surface area contributed by atoms with Gasteiger partial charge in [0.1, 0.15) is 12.2 Å². The Balaban J connectivity index is 2.19. The second-order valence-corrected chi connectivity index (χ2v) is 5.54. The van der Waals surface area contributed by atoms with Crippen LogP contribution in [0.5, 0.6) is 0 Å². The number of benzene rings is 1. The van der Waals surface area contributed by atoms with Crippen LogP contribution in [-0.2, 0) is 25.7 Å². The summed E-state index contributed by atoms with van der Waals surface area (Å²) in [5, 5.41) is 0. The first kappa shape index (κ1) is 17.0. The van der Waals surface area contributed by atoms with E-state index in [0.717, 1.165) is 11.1 Å². The highest BCUT2D eigenvalue weighted by atomic mass is 16.7. The van der Waals surface area contributed by atoms with Crippen LogP contribution in [0.2, 0.25) is 0 Å². The number of hydrogen-bond donors (Lipinski definition) is 1. The topological polar surface area (TPSA) is 73.9 Å². The molecule has 1 N–H and O–H groups in total. The number of aryl methyl sites for hydroxylation is 1. The van der Waals surface area contributed by atoms with Crippen LogP contribution in [0.15, 0.2) is 24.3 Å². The zero-order chi connectivity index (χ0) is 15.9. The number of amides is 1. The minimum atomic E-state index is -0.756. The molecule has 1 rings (SSSR count). The van der Waals surface area contributed by atoms with E-state index in [9.17, 15) is 9.59 Å². The van der Waals surface area contributed by atoms with E-state index in [4.69, 9.17) is 14.3 Å². The minimum Gasteiger partial charge on any atom is -0.459 e. The third-order valence-corrected chi connectivity index (χ3v) is 2.26. The fourth-order valence-electron chi connectivity index (χ4n) is 1.34. The van der Waals surface area contributed by atoms with Gasteiger partial charge >= 0.3 is 12.1 Å². The van der Waals surface area contributed by atoms with E-state index in [1.54, 1.807) is 20.8 Å². The number of hydroxylamine groups is 1. The number of rotatable bonds is 5. The maximum Gasteiger partial charge on any atom is 0.431 e. The van der Waals surface area contributed by atoms with E-state index in [1.165, 1.54) is 0 Å². The van der Waals surface area contributed by atoms with Crippen molar-refractivity contribution in [2.75, 3.05) is 6.61 Å². The molecule has 1 amide bonds. The van der Waals surface area contributed by atoms with E-state index < -0.39 is 17.7 Å². The fourth-order valence-corrected chi connectivity index (χ4v) is 1.34. The summed E-state index contributed by atoms with van der Waals surface area (Å²) >= 11 is 0. The van der Waals surface area contributed by atoms with Crippen LogP contribution in [0.25, 0.3) is 0 Å². The summed E-state index contributed by atoms with van der Waals surface area (Å²) in [6.07, 6.45) is -0.756. The normalized spacial score (nSPS) is 10.9. The molecule has 6 nitrogen and oxygen atoms in total. The van der Waals surface area contributed by atoms with E-state index in [-0.39, 0.29) is 13.2 Å². The molecular formula is C15H21NO5. The molecular weight excluding hydrogens is 274 g/mol. The third kappa shape index (κ3) is 7.94. The number of carbonyl (C=O) groups is 2. The van der Waals surface area contributed by atoms with Gasteiger partial charge in [-0.15, -0.1) is 0 Å². The summed E-state index contributed by atoms with van der Waals surface area (Å²) in [4.78, 5) is 27.4. The first-order valence-corrected chi connectivity index (χ1v) is 6.58. The van der Waals surface area contributed by atoms with Crippen molar-refractivity contribution in [2.24, 2.45) is 0 Å². The molecule has 21 heavy (non-hydrogen) atoms. The Morgan fingerprint density at radius 3 is 2.33 bits per heavy atom. The van der Waals surface area contributed by atoms with E-state index >= 15 is 0 Å². The summed E-state index contributed by atoms with van der Waals surface area (Å²) < 4.78 is 9.93. The molecule has 0 fully saturated rings. The molecule has 0 unspecified atom stereocenters. The van der Waals surface area contributed by atoms with Crippen LogP contribution in [0, 0.1) is 6.92 Å². The molecule has 1 aromatic carbocycles. The molecule has 0 saturated heterocycles. The highest BCUT2D eigenvalue weighted by Crippen LogP contribution is 2.06. The van der Waals surface area contributed by atoms with Crippen molar-refractivity contribution in [1.82, 2.24) is 5.48 Å². The maximum atomic E-state index is 11.4.